The molecule has 0 aliphatic carbocycles. The first-order chi connectivity index (χ1) is 9.29. The van der Waals surface area contributed by atoms with E-state index in [1.165, 1.54) is 19.3 Å². The lowest BCUT2D eigenvalue weighted by Crippen LogP contribution is -2.23. The SMILES string of the molecule is CCCCC[C@@H]1C[C@@H](OCc2ccccc2)C(O)O1. The van der Waals surface area contributed by atoms with Crippen LogP contribution in [0.5, 0.6) is 0 Å². The minimum Gasteiger partial charge on any atom is -0.368 e. The van der Waals surface area contributed by atoms with Gasteiger partial charge in [0.2, 0.25) is 0 Å². The number of ether oxygens (including phenoxy) is 2. The summed E-state index contributed by atoms with van der Waals surface area (Å²) in [6.45, 7) is 2.73. The van der Waals surface area contributed by atoms with E-state index in [0.29, 0.717) is 6.61 Å². The highest BCUT2D eigenvalue weighted by Gasteiger charge is 2.34. The molecule has 1 fully saturated rings. The van der Waals surface area contributed by atoms with Gasteiger partial charge in [0.15, 0.2) is 6.29 Å². The fourth-order valence-electron chi connectivity index (χ4n) is 2.45. The molecule has 0 radical (unpaired) electrons. The Labute approximate surface area is 115 Å². The highest BCUT2D eigenvalue weighted by atomic mass is 16.6. The van der Waals surface area contributed by atoms with E-state index in [1.807, 2.05) is 30.3 Å². The summed E-state index contributed by atoms with van der Waals surface area (Å²) in [6.07, 6.45) is 4.63. The van der Waals surface area contributed by atoms with Gasteiger partial charge in [-0.05, 0) is 12.0 Å². The zero-order chi connectivity index (χ0) is 13.5. The first kappa shape index (κ1) is 14.5. The Morgan fingerprint density at radius 3 is 2.79 bits per heavy atom. The number of unbranched alkanes of at least 4 members (excludes halogenated alkanes) is 2. The van der Waals surface area contributed by atoms with Crippen molar-refractivity contribution in [3.05, 3.63) is 35.9 Å². The van der Waals surface area contributed by atoms with Gasteiger partial charge in [-0.3, -0.25) is 0 Å². The number of aliphatic hydroxyl groups excluding tert-OH is 1. The maximum absolute atomic E-state index is 9.85. The standard InChI is InChI=1S/C16H24O3/c1-2-3-5-10-14-11-15(16(17)19-14)18-12-13-8-6-4-7-9-13/h4,6-9,14-17H,2-3,5,10-12H2,1H3/t14-,15-,16?/m1/s1. The Morgan fingerprint density at radius 2 is 2.05 bits per heavy atom. The van der Waals surface area contributed by atoms with E-state index in [2.05, 4.69) is 6.92 Å². The first-order valence-electron chi connectivity index (χ1n) is 7.28. The number of hydrogen-bond acceptors (Lipinski definition) is 3. The minimum atomic E-state index is -0.768. The molecule has 1 heterocycles. The van der Waals surface area contributed by atoms with E-state index in [4.69, 9.17) is 9.47 Å². The van der Waals surface area contributed by atoms with Gasteiger partial charge in [0.05, 0.1) is 12.7 Å². The molecule has 1 saturated heterocycles. The van der Waals surface area contributed by atoms with Crippen LogP contribution in [0.1, 0.15) is 44.6 Å². The van der Waals surface area contributed by atoms with Crippen molar-refractivity contribution < 1.29 is 14.6 Å². The molecule has 1 aromatic rings. The molecule has 1 unspecified atom stereocenters. The van der Waals surface area contributed by atoms with Crippen molar-refractivity contribution in [1.82, 2.24) is 0 Å². The summed E-state index contributed by atoms with van der Waals surface area (Å²) in [7, 11) is 0. The van der Waals surface area contributed by atoms with Crippen LogP contribution < -0.4 is 0 Å². The van der Waals surface area contributed by atoms with Crippen LogP contribution in [-0.2, 0) is 16.1 Å². The van der Waals surface area contributed by atoms with E-state index < -0.39 is 6.29 Å². The molecule has 19 heavy (non-hydrogen) atoms. The Kier molecular flexibility index (Phi) is 5.83. The molecule has 0 spiro atoms. The van der Waals surface area contributed by atoms with Gasteiger partial charge in [0.25, 0.3) is 0 Å². The monoisotopic (exact) mass is 264 g/mol. The highest BCUT2D eigenvalue weighted by molar-refractivity contribution is 5.13. The molecule has 1 aliphatic rings. The fraction of sp³-hybridized carbons (Fsp3) is 0.625. The molecule has 2 rings (SSSR count). The number of benzene rings is 1. The van der Waals surface area contributed by atoms with Gasteiger partial charge in [-0.1, -0.05) is 56.5 Å². The summed E-state index contributed by atoms with van der Waals surface area (Å²) < 4.78 is 11.3. The maximum atomic E-state index is 9.85. The smallest absolute Gasteiger partial charge is 0.181 e. The van der Waals surface area contributed by atoms with E-state index >= 15 is 0 Å². The third kappa shape index (κ3) is 4.60. The molecule has 0 amide bonds. The molecular weight excluding hydrogens is 240 g/mol. The van der Waals surface area contributed by atoms with Gasteiger partial charge in [-0.25, -0.2) is 0 Å². The van der Waals surface area contributed by atoms with Crippen molar-refractivity contribution in [2.75, 3.05) is 0 Å². The van der Waals surface area contributed by atoms with Gasteiger partial charge in [0.1, 0.15) is 6.10 Å². The predicted octanol–water partition coefficient (Wildman–Crippen LogP) is 3.26. The van der Waals surface area contributed by atoms with E-state index in [0.717, 1.165) is 18.4 Å². The normalized spacial score (nSPS) is 26.7. The van der Waals surface area contributed by atoms with Crippen molar-refractivity contribution in [2.24, 2.45) is 0 Å². The zero-order valence-corrected chi connectivity index (χ0v) is 11.6. The van der Waals surface area contributed by atoms with Gasteiger partial charge in [-0.15, -0.1) is 0 Å². The van der Waals surface area contributed by atoms with E-state index in [1.54, 1.807) is 0 Å². The second-order valence-corrected chi connectivity index (χ2v) is 5.22. The van der Waals surface area contributed by atoms with Crippen molar-refractivity contribution in [3.63, 3.8) is 0 Å². The second kappa shape index (κ2) is 7.63. The van der Waals surface area contributed by atoms with E-state index in [-0.39, 0.29) is 12.2 Å². The van der Waals surface area contributed by atoms with Gasteiger partial charge >= 0.3 is 0 Å². The van der Waals surface area contributed by atoms with Gasteiger partial charge in [-0.2, -0.15) is 0 Å². The summed E-state index contributed by atoms with van der Waals surface area (Å²) in [6, 6.07) is 10.0. The van der Waals surface area contributed by atoms with Crippen LogP contribution in [-0.4, -0.2) is 23.6 Å². The Hall–Kier alpha value is -0.900. The van der Waals surface area contributed by atoms with Crippen LogP contribution in [0, 0.1) is 0 Å². The summed E-state index contributed by atoms with van der Waals surface area (Å²) in [4.78, 5) is 0. The molecule has 1 N–H and O–H groups in total. The van der Waals surface area contributed by atoms with Crippen LogP contribution in [0.25, 0.3) is 0 Å². The molecule has 106 valence electrons. The molecule has 0 aromatic heterocycles. The van der Waals surface area contributed by atoms with Crippen molar-refractivity contribution >= 4 is 0 Å². The second-order valence-electron chi connectivity index (χ2n) is 5.22. The van der Waals surface area contributed by atoms with E-state index in [9.17, 15) is 5.11 Å². The molecule has 3 atom stereocenters. The van der Waals surface area contributed by atoms with Crippen LogP contribution >= 0.6 is 0 Å². The average molecular weight is 264 g/mol. The van der Waals surface area contributed by atoms with Crippen molar-refractivity contribution in [3.8, 4) is 0 Å². The van der Waals surface area contributed by atoms with Crippen LogP contribution in [0.4, 0.5) is 0 Å². The Balaban J connectivity index is 1.72. The molecule has 3 heteroatoms. The van der Waals surface area contributed by atoms with Gasteiger partial charge in [0, 0.05) is 6.42 Å². The number of aliphatic hydroxyl groups is 1. The van der Waals surface area contributed by atoms with Crippen molar-refractivity contribution in [1.29, 1.82) is 0 Å². The highest BCUT2D eigenvalue weighted by Crippen LogP contribution is 2.26. The summed E-state index contributed by atoms with van der Waals surface area (Å²) >= 11 is 0. The lowest BCUT2D eigenvalue weighted by atomic mass is 10.1. The lowest BCUT2D eigenvalue weighted by molar-refractivity contribution is -0.145. The minimum absolute atomic E-state index is 0.155. The van der Waals surface area contributed by atoms with Crippen LogP contribution in [0.3, 0.4) is 0 Å². The van der Waals surface area contributed by atoms with Crippen molar-refractivity contribution in [2.45, 2.75) is 64.1 Å². The fourth-order valence-corrected chi connectivity index (χ4v) is 2.45. The average Bonchev–Trinajstić information content (AvgIpc) is 2.78. The molecule has 3 nitrogen and oxygen atoms in total. The molecular formula is C16H24O3. The first-order valence-corrected chi connectivity index (χ1v) is 7.28. The molecule has 1 aliphatic heterocycles. The maximum Gasteiger partial charge on any atom is 0.181 e. The lowest BCUT2D eigenvalue weighted by Gasteiger charge is -2.13. The van der Waals surface area contributed by atoms with Crippen LogP contribution in [0.15, 0.2) is 30.3 Å². The van der Waals surface area contributed by atoms with Gasteiger partial charge < -0.3 is 14.6 Å². The molecule has 0 saturated carbocycles. The third-order valence-corrected chi connectivity index (χ3v) is 3.58. The Bertz CT molecular complexity index is 352. The molecule has 0 bridgehead atoms. The largest absolute Gasteiger partial charge is 0.368 e. The summed E-state index contributed by atoms with van der Waals surface area (Å²) in [5.74, 6) is 0. The number of rotatable bonds is 7. The molecule has 1 aromatic carbocycles. The zero-order valence-electron chi connectivity index (χ0n) is 11.6. The number of hydrogen-bond donors (Lipinski definition) is 1. The third-order valence-electron chi connectivity index (χ3n) is 3.58. The van der Waals surface area contributed by atoms with Crippen LogP contribution in [0.2, 0.25) is 0 Å². The Morgan fingerprint density at radius 1 is 1.26 bits per heavy atom. The predicted molar refractivity (Wildman–Crippen MR) is 74.7 cm³/mol. The topological polar surface area (TPSA) is 38.7 Å². The summed E-state index contributed by atoms with van der Waals surface area (Å²) in [5, 5.41) is 9.85. The summed E-state index contributed by atoms with van der Waals surface area (Å²) in [5.41, 5.74) is 1.13. The quantitative estimate of drug-likeness (QED) is 0.768.